The van der Waals surface area contributed by atoms with Gasteiger partial charge in [0, 0.05) is 145 Å². The summed E-state index contributed by atoms with van der Waals surface area (Å²) in [7, 11) is 0. The highest BCUT2D eigenvalue weighted by Crippen LogP contribution is 2.56. The van der Waals surface area contributed by atoms with Crippen LogP contribution in [0.4, 0.5) is 0 Å². The zero-order chi connectivity index (χ0) is 101. The molecule has 2 unspecified atom stereocenters. The molecule has 0 radical (unpaired) electrons. The van der Waals surface area contributed by atoms with Crippen LogP contribution in [0.1, 0.15) is 315 Å². The fourth-order valence-electron chi connectivity index (χ4n) is 20.2. The summed E-state index contributed by atoms with van der Waals surface area (Å²) in [6, 6.07) is 18.4. The van der Waals surface area contributed by atoms with Crippen molar-refractivity contribution in [3.8, 4) is 40.2 Å². The van der Waals surface area contributed by atoms with E-state index in [4.69, 9.17) is 33.2 Å². The van der Waals surface area contributed by atoms with Crippen LogP contribution >= 0.6 is 0 Å². The first kappa shape index (κ1) is 109. The lowest BCUT2D eigenvalue weighted by Crippen LogP contribution is -2.46. The minimum absolute atomic E-state index is 0.0406. The summed E-state index contributed by atoms with van der Waals surface area (Å²) in [4.78, 5) is 107. The van der Waals surface area contributed by atoms with Crippen LogP contribution in [0.3, 0.4) is 0 Å². The lowest BCUT2D eigenvalue weighted by molar-refractivity contribution is -0.119. The topological polar surface area (TPSA) is 383 Å². The number of amides is 2. The molecule has 0 spiro atoms. The van der Waals surface area contributed by atoms with Gasteiger partial charge in [-0.2, -0.15) is 0 Å². The standard InChI is InChI=1S/C17H25N3O2.4C17H24N2O2.C15H21N3O2.C15H20N2O2/c1-12(21)19-5-2-3-13-8-17(13)14-7-16(10-18-9-14)22-11-15-4-6-20-15;4*1-12(20)3-2-4-13-8-17(13)14-7-16(10-18-9-14)21-11-15-5-6-19-15;1-10(19)18-7-12-5-15(12)11-4-14(8-16-6-11)20-9-13-2-3-17-13;1-10(18)4-11-6-15(11)12-5-14(8-16-7-12)19-9-13-2-3-17-13/h7,9-10,13,15,17,20H,2-6,8,11H2,1H3,(H,19,21);4*7,9-10,13,15,17,19H,2-6,8,11H2,1H3;4,6,8,12-13,15,17H,2-3,5,7,9H2,1H3,(H,18,19);5,7-8,11,13,15,17H,2-4,6,9H2,1H3/t13-,15-,17-;13-,15+,17?;13-,15+,17+;13-,15-,17?;13-,15-,17-;12-,13+,15-;11-,13-,15-/m0110010/s1. The zero-order valence-electron chi connectivity index (χ0n) is 86.9. The second kappa shape index (κ2) is 56.2. The van der Waals surface area contributed by atoms with Gasteiger partial charge in [-0.3, -0.25) is 44.5 Å². The van der Waals surface area contributed by atoms with E-state index in [-0.39, 0.29) is 17.6 Å². The average molecular weight is 1990 g/mol. The van der Waals surface area contributed by atoms with Crippen molar-refractivity contribution in [1.29, 1.82) is 0 Å². The Morgan fingerprint density at radius 1 is 0.255 bits per heavy atom. The predicted molar refractivity (Wildman–Crippen MR) is 559 cm³/mol. The van der Waals surface area contributed by atoms with Gasteiger partial charge in [-0.25, -0.2) is 0 Å². The summed E-state index contributed by atoms with van der Waals surface area (Å²) >= 11 is 0. The predicted octanol–water partition coefficient (Wildman–Crippen LogP) is 15.5. The first-order chi connectivity index (χ1) is 70.5. The molecule has 7 aliphatic heterocycles. The third-order valence-electron chi connectivity index (χ3n) is 30.9. The molecule has 145 heavy (non-hydrogen) atoms. The zero-order valence-corrected chi connectivity index (χ0v) is 86.9. The monoisotopic (exact) mass is 1990 g/mol. The van der Waals surface area contributed by atoms with Gasteiger partial charge >= 0.3 is 0 Å². The molecule has 0 aromatic carbocycles. The third-order valence-corrected chi connectivity index (χ3v) is 30.9. The molecule has 7 aromatic rings. The van der Waals surface area contributed by atoms with E-state index in [1.807, 2.05) is 43.4 Å². The van der Waals surface area contributed by atoms with Gasteiger partial charge in [0.25, 0.3) is 0 Å². The number of pyridine rings is 7. The Bertz CT molecular complexity index is 4890. The molecular formula is C115H162N16O14. The van der Waals surface area contributed by atoms with E-state index in [0.717, 1.165) is 258 Å². The molecule has 7 saturated heterocycles. The summed E-state index contributed by atoms with van der Waals surface area (Å²) in [6.45, 7) is 25.9. The van der Waals surface area contributed by atoms with Crippen LogP contribution in [-0.2, 0) is 33.6 Å². The van der Waals surface area contributed by atoms with Gasteiger partial charge in [0.05, 0.1) is 43.4 Å². The molecule has 786 valence electrons. The second-order valence-electron chi connectivity index (χ2n) is 43.5. The molecule has 30 heteroatoms. The number of aromatic nitrogens is 7. The highest BCUT2D eigenvalue weighted by molar-refractivity contribution is 5.77. The maximum atomic E-state index is 11.1. The number of carbonyl (C=O) groups is 7. The number of hydrogen-bond acceptors (Lipinski definition) is 28. The van der Waals surface area contributed by atoms with E-state index in [2.05, 4.69) is 125 Å². The molecular weight excluding hydrogens is 1830 g/mol. The molecule has 14 fully saturated rings. The normalized spacial score (nSPS) is 27.2. The van der Waals surface area contributed by atoms with E-state index in [1.54, 1.807) is 91.8 Å². The van der Waals surface area contributed by atoms with Crippen LogP contribution in [-0.4, -0.2) is 223 Å². The SMILES string of the molecule is CC(=O)CCC[C@@H]1CC1c1cncc(OC[C@@H]2CCN2)c1.CC(=O)CCC[C@@H]1C[C@@H]1c1cncc(OC[C@@H]2CCN2)c1.CC(=O)CCC[C@H]1CC1c1cncc(OC[C@@H]2CCN2)c1.CC(=O)CCC[C@H]1C[C@@H]1c1cncc(OC[C@@H]2CCN2)c1.CC(=O)C[C@H]1C[C@@H]1c1cncc(OC[C@@H]2CCN2)c1.CC(=O)NCCC[C@H]1C[C@@H]1c1cncc(OC[C@@H]2CCN2)c1.CC(=O)NC[C@H]1C[C@@H]1c1cncc(OC[C@@H]2CCN2)c1. The number of rotatable bonds is 52. The number of ketones is 5. The van der Waals surface area contributed by atoms with E-state index in [1.165, 1.54) is 122 Å². The quantitative estimate of drug-likeness (QED) is 0.0160. The minimum atomic E-state index is 0.0406. The Labute approximate surface area is 858 Å². The smallest absolute Gasteiger partial charge is 0.216 e. The lowest BCUT2D eigenvalue weighted by Gasteiger charge is -2.27. The van der Waals surface area contributed by atoms with Gasteiger partial charge in [-0.05, 0) is 399 Å². The van der Waals surface area contributed by atoms with Gasteiger partial charge in [-0.1, -0.05) is 0 Å². The molecule has 7 saturated carbocycles. The van der Waals surface area contributed by atoms with Gasteiger partial charge in [-0.15, -0.1) is 0 Å². The van der Waals surface area contributed by atoms with Crippen LogP contribution in [0, 0.1) is 41.4 Å². The van der Waals surface area contributed by atoms with Gasteiger partial charge in [0.2, 0.25) is 11.8 Å². The molecule has 7 aliphatic carbocycles. The molecule has 0 bridgehead atoms. The molecule has 21 atom stereocenters. The lowest BCUT2D eigenvalue weighted by atomic mass is 10.1. The van der Waals surface area contributed by atoms with Gasteiger partial charge in [0.1, 0.15) is 115 Å². The maximum absolute atomic E-state index is 11.1. The van der Waals surface area contributed by atoms with Gasteiger partial charge in [0.15, 0.2) is 0 Å². The second-order valence-corrected chi connectivity index (χ2v) is 43.5. The maximum Gasteiger partial charge on any atom is 0.216 e. The molecule has 14 heterocycles. The summed E-state index contributed by atoms with van der Waals surface area (Å²) in [6.07, 6.45) is 57.4. The van der Waals surface area contributed by atoms with E-state index in [0.29, 0.717) is 138 Å². The first-order valence-electron chi connectivity index (χ1n) is 54.7. The van der Waals surface area contributed by atoms with Crippen molar-refractivity contribution in [3.63, 3.8) is 0 Å². The number of nitrogens with one attached hydrogen (secondary N) is 9. The summed E-state index contributed by atoms with van der Waals surface area (Å²) in [5.41, 5.74) is 8.90. The fraction of sp³-hybridized carbons (Fsp3) is 0.635. The average Bonchev–Trinajstić information content (AvgIpc) is 1.67. The molecule has 7 aromatic heterocycles. The summed E-state index contributed by atoms with van der Waals surface area (Å²) < 4.78 is 40.6. The Hall–Kier alpha value is -10.3. The number of nitrogens with zero attached hydrogens (tertiary/aromatic N) is 7. The number of carbonyl (C=O) groups excluding carboxylic acids is 7. The first-order valence-corrected chi connectivity index (χ1v) is 54.7. The van der Waals surface area contributed by atoms with Crippen LogP contribution in [0.2, 0.25) is 0 Å². The van der Waals surface area contributed by atoms with Crippen LogP contribution in [0.5, 0.6) is 40.2 Å². The van der Waals surface area contributed by atoms with Crippen molar-refractivity contribution in [2.45, 2.75) is 318 Å². The van der Waals surface area contributed by atoms with E-state index in [9.17, 15) is 33.6 Å². The van der Waals surface area contributed by atoms with Crippen molar-refractivity contribution in [2.75, 3.05) is 105 Å². The molecule has 14 aliphatic rings. The van der Waals surface area contributed by atoms with E-state index < -0.39 is 0 Å². The molecule has 9 N–H and O–H groups in total. The van der Waals surface area contributed by atoms with Crippen LogP contribution in [0.25, 0.3) is 0 Å². The van der Waals surface area contributed by atoms with Crippen molar-refractivity contribution in [3.05, 3.63) is 168 Å². The molecule has 30 nitrogen and oxygen atoms in total. The Morgan fingerprint density at radius 3 is 0.641 bits per heavy atom. The number of Topliss-reactive ketones (excluding diaryl/α,β-unsaturated/α-hetero) is 5. The number of ether oxygens (including phenoxy) is 7. The summed E-state index contributed by atoms with van der Waals surface area (Å²) in [5.74, 6) is 16.5. The van der Waals surface area contributed by atoms with Crippen molar-refractivity contribution in [2.24, 2.45) is 41.4 Å². The third kappa shape index (κ3) is 38.1. The minimum Gasteiger partial charge on any atom is -0.490 e. The van der Waals surface area contributed by atoms with Crippen molar-refractivity contribution >= 4 is 40.7 Å². The Morgan fingerprint density at radius 2 is 0.448 bits per heavy atom. The number of hydrogen-bond donors (Lipinski definition) is 9. The van der Waals surface area contributed by atoms with Crippen molar-refractivity contribution < 1.29 is 66.7 Å². The van der Waals surface area contributed by atoms with Gasteiger partial charge < -0.3 is 105 Å². The van der Waals surface area contributed by atoms with Crippen LogP contribution < -0.4 is 81.0 Å². The fourth-order valence-corrected chi connectivity index (χ4v) is 20.2. The molecule has 2 amide bonds. The molecule has 21 rings (SSSR count). The highest BCUT2D eigenvalue weighted by atomic mass is 16.5. The Kier molecular flexibility index (Phi) is 42.2. The van der Waals surface area contributed by atoms with E-state index >= 15 is 0 Å². The van der Waals surface area contributed by atoms with Crippen molar-refractivity contribution in [1.82, 2.24) is 82.7 Å². The Balaban J connectivity index is 0.000000127. The highest BCUT2D eigenvalue weighted by Gasteiger charge is 2.44. The summed E-state index contributed by atoms with van der Waals surface area (Å²) in [5, 5.41) is 29.0. The largest absolute Gasteiger partial charge is 0.490 e. The van der Waals surface area contributed by atoms with Crippen LogP contribution in [0.15, 0.2) is 129 Å².